The maximum absolute atomic E-state index is 12.3. The molecule has 1 atom stereocenters. The van der Waals surface area contributed by atoms with Gasteiger partial charge in [0.1, 0.15) is 0 Å². The van der Waals surface area contributed by atoms with Crippen LogP contribution in [0.2, 0.25) is 0 Å². The predicted molar refractivity (Wildman–Crippen MR) is 91.6 cm³/mol. The SMILES string of the molecule is NC(=O)[C@H](OC(=O)c1ccc(Cn2cccn2)cc1)c1ccccc1. The van der Waals surface area contributed by atoms with Crippen LogP contribution in [0.25, 0.3) is 0 Å². The third kappa shape index (κ3) is 4.11. The normalized spacial score (nSPS) is 11.7. The minimum Gasteiger partial charge on any atom is -0.444 e. The quantitative estimate of drug-likeness (QED) is 0.700. The van der Waals surface area contributed by atoms with Gasteiger partial charge in [-0.25, -0.2) is 4.79 Å². The van der Waals surface area contributed by atoms with Gasteiger partial charge >= 0.3 is 5.97 Å². The first-order chi connectivity index (χ1) is 12.1. The van der Waals surface area contributed by atoms with Crippen molar-refractivity contribution in [2.24, 2.45) is 5.73 Å². The van der Waals surface area contributed by atoms with Gasteiger partial charge in [0, 0.05) is 18.0 Å². The second-order valence-electron chi connectivity index (χ2n) is 5.50. The fourth-order valence-electron chi connectivity index (χ4n) is 2.42. The number of ether oxygens (including phenoxy) is 1. The number of carbonyl (C=O) groups is 2. The Hall–Kier alpha value is -3.41. The molecule has 1 aromatic heterocycles. The molecule has 1 heterocycles. The van der Waals surface area contributed by atoms with Crippen LogP contribution in [0.1, 0.15) is 27.6 Å². The van der Waals surface area contributed by atoms with Crippen molar-refractivity contribution in [2.75, 3.05) is 0 Å². The molecular formula is C19H17N3O3. The largest absolute Gasteiger partial charge is 0.444 e. The Morgan fingerprint density at radius 2 is 1.76 bits per heavy atom. The van der Waals surface area contributed by atoms with Crippen LogP contribution in [-0.2, 0) is 16.1 Å². The van der Waals surface area contributed by atoms with Crippen molar-refractivity contribution in [1.82, 2.24) is 9.78 Å². The van der Waals surface area contributed by atoms with E-state index in [0.29, 0.717) is 17.7 Å². The van der Waals surface area contributed by atoms with Crippen molar-refractivity contribution in [2.45, 2.75) is 12.6 Å². The molecule has 6 nitrogen and oxygen atoms in total. The lowest BCUT2D eigenvalue weighted by molar-refractivity contribution is -0.127. The third-order valence-electron chi connectivity index (χ3n) is 3.68. The van der Waals surface area contributed by atoms with Crippen molar-refractivity contribution in [3.63, 3.8) is 0 Å². The summed E-state index contributed by atoms with van der Waals surface area (Å²) < 4.78 is 7.08. The first kappa shape index (κ1) is 16.4. The van der Waals surface area contributed by atoms with Crippen LogP contribution in [0.5, 0.6) is 0 Å². The van der Waals surface area contributed by atoms with Crippen molar-refractivity contribution >= 4 is 11.9 Å². The zero-order valence-electron chi connectivity index (χ0n) is 13.4. The highest BCUT2D eigenvalue weighted by atomic mass is 16.5. The van der Waals surface area contributed by atoms with Crippen molar-refractivity contribution in [1.29, 1.82) is 0 Å². The van der Waals surface area contributed by atoms with E-state index in [1.165, 1.54) is 0 Å². The van der Waals surface area contributed by atoms with Gasteiger partial charge < -0.3 is 10.5 Å². The summed E-state index contributed by atoms with van der Waals surface area (Å²) in [5, 5.41) is 4.14. The summed E-state index contributed by atoms with van der Waals surface area (Å²) in [6.07, 6.45) is 2.45. The molecule has 3 rings (SSSR count). The number of nitrogens with two attached hydrogens (primary N) is 1. The average Bonchev–Trinajstić information content (AvgIpc) is 3.13. The summed E-state index contributed by atoms with van der Waals surface area (Å²) in [4.78, 5) is 23.9. The highest BCUT2D eigenvalue weighted by molar-refractivity contribution is 5.92. The summed E-state index contributed by atoms with van der Waals surface area (Å²) in [6, 6.07) is 17.5. The molecule has 0 fully saturated rings. The molecule has 0 aliphatic heterocycles. The topological polar surface area (TPSA) is 87.2 Å². The van der Waals surface area contributed by atoms with E-state index in [9.17, 15) is 9.59 Å². The molecule has 3 aromatic rings. The first-order valence-electron chi connectivity index (χ1n) is 7.75. The second kappa shape index (κ2) is 7.44. The minimum atomic E-state index is -1.11. The van der Waals surface area contributed by atoms with Gasteiger partial charge in [0.05, 0.1) is 12.1 Å². The number of hydrogen-bond donors (Lipinski definition) is 1. The molecule has 2 N–H and O–H groups in total. The number of primary amides is 1. The lowest BCUT2D eigenvalue weighted by Crippen LogP contribution is -2.26. The summed E-state index contributed by atoms with van der Waals surface area (Å²) in [5.74, 6) is -1.31. The highest BCUT2D eigenvalue weighted by Gasteiger charge is 2.23. The van der Waals surface area contributed by atoms with Gasteiger partial charge in [0.2, 0.25) is 6.10 Å². The summed E-state index contributed by atoms with van der Waals surface area (Å²) >= 11 is 0. The Morgan fingerprint density at radius 1 is 1.04 bits per heavy atom. The maximum atomic E-state index is 12.3. The number of esters is 1. The number of aromatic nitrogens is 2. The van der Waals surface area contributed by atoms with Crippen LogP contribution in [0.4, 0.5) is 0 Å². The van der Waals surface area contributed by atoms with Crippen LogP contribution in [0.15, 0.2) is 73.1 Å². The van der Waals surface area contributed by atoms with E-state index in [2.05, 4.69) is 5.10 Å². The Labute approximate surface area is 144 Å². The standard InChI is InChI=1S/C19H17N3O3/c20-18(23)17(15-5-2-1-3-6-15)25-19(24)16-9-7-14(8-10-16)13-22-12-4-11-21-22/h1-12,17H,13H2,(H2,20,23)/t17-/m1/s1. The molecule has 0 radical (unpaired) electrons. The van der Waals surface area contributed by atoms with Crippen LogP contribution in [-0.4, -0.2) is 21.7 Å². The third-order valence-corrected chi connectivity index (χ3v) is 3.68. The van der Waals surface area contributed by atoms with E-state index in [4.69, 9.17) is 10.5 Å². The molecule has 2 aromatic carbocycles. The summed E-state index contributed by atoms with van der Waals surface area (Å²) in [5.41, 5.74) is 7.26. The number of amides is 1. The zero-order valence-corrected chi connectivity index (χ0v) is 13.4. The van der Waals surface area contributed by atoms with Crippen LogP contribution in [0, 0.1) is 0 Å². The molecule has 126 valence electrons. The van der Waals surface area contributed by atoms with E-state index < -0.39 is 18.0 Å². The molecule has 0 spiro atoms. The van der Waals surface area contributed by atoms with Gasteiger partial charge in [-0.2, -0.15) is 5.10 Å². The molecule has 0 aliphatic rings. The molecule has 1 amide bonds. The molecule has 6 heteroatoms. The lowest BCUT2D eigenvalue weighted by atomic mass is 10.1. The molecule has 25 heavy (non-hydrogen) atoms. The second-order valence-corrected chi connectivity index (χ2v) is 5.50. The molecule has 0 unspecified atom stereocenters. The van der Waals surface area contributed by atoms with Crippen molar-refractivity contribution in [3.05, 3.63) is 89.7 Å². The Kier molecular flexibility index (Phi) is 4.89. The number of carbonyl (C=O) groups excluding carboxylic acids is 2. The smallest absolute Gasteiger partial charge is 0.339 e. The minimum absolute atomic E-state index is 0.353. The van der Waals surface area contributed by atoms with Crippen molar-refractivity contribution in [3.8, 4) is 0 Å². The van der Waals surface area contributed by atoms with E-state index >= 15 is 0 Å². The number of rotatable bonds is 6. The number of nitrogens with zero attached hydrogens (tertiary/aromatic N) is 2. The molecule has 0 saturated carbocycles. The molecule has 0 saturated heterocycles. The van der Waals surface area contributed by atoms with Crippen molar-refractivity contribution < 1.29 is 14.3 Å². The first-order valence-corrected chi connectivity index (χ1v) is 7.75. The lowest BCUT2D eigenvalue weighted by Gasteiger charge is -2.15. The van der Waals surface area contributed by atoms with Gasteiger partial charge in [0.25, 0.3) is 5.91 Å². The van der Waals surface area contributed by atoms with Crippen LogP contribution >= 0.6 is 0 Å². The fourth-order valence-corrected chi connectivity index (χ4v) is 2.42. The average molecular weight is 335 g/mol. The van der Waals surface area contributed by atoms with E-state index in [1.54, 1.807) is 47.3 Å². The Morgan fingerprint density at radius 3 is 2.36 bits per heavy atom. The zero-order chi connectivity index (χ0) is 17.6. The molecule has 0 bridgehead atoms. The predicted octanol–water partition coefficient (Wildman–Crippen LogP) is 2.31. The molecule has 0 aliphatic carbocycles. The van der Waals surface area contributed by atoms with Gasteiger partial charge in [-0.15, -0.1) is 0 Å². The van der Waals surface area contributed by atoms with Gasteiger partial charge in [-0.1, -0.05) is 42.5 Å². The van der Waals surface area contributed by atoms with Gasteiger partial charge in [0.15, 0.2) is 0 Å². The van der Waals surface area contributed by atoms with Crippen LogP contribution in [0.3, 0.4) is 0 Å². The number of hydrogen-bond acceptors (Lipinski definition) is 4. The van der Waals surface area contributed by atoms with Gasteiger partial charge in [-0.3, -0.25) is 9.48 Å². The Bertz CT molecular complexity index is 843. The molecular weight excluding hydrogens is 318 g/mol. The Balaban J connectivity index is 1.70. The van der Waals surface area contributed by atoms with Gasteiger partial charge in [-0.05, 0) is 23.8 Å². The fraction of sp³-hybridized carbons (Fsp3) is 0.105. The highest BCUT2D eigenvalue weighted by Crippen LogP contribution is 2.19. The van der Waals surface area contributed by atoms with E-state index in [1.807, 2.05) is 30.5 Å². The summed E-state index contributed by atoms with van der Waals surface area (Å²) in [7, 11) is 0. The van der Waals surface area contributed by atoms with Crippen LogP contribution < -0.4 is 5.73 Å². The van der Waals surface area contributed by atoms with E-state index in [-0.39, 0.29) is 0 Å². The number of benzene rings is 2. The van der Waals surface area contributed by atoms with E-state index in [0.717, 1.165) is 5.56 Å². The monoisotopic (exact) mass is 335 g/mol. The maximum Gasteiger partial charge on any atom is 0.339 e. The summed E-state index contributed by atoms with van der Waals surface area (Å²) in [6.45, 7) is 0.607.